The van der Waals surface area contributed by atoms with Crippen LogP contribution in [0.15, 0.2) is 5.11 Å². The zero-order chi connectivity index (χ0) is 39.5. The summed E-state index contributed by atoms with van der Waals surface area (Å²) >= 11 is 0. The van der Waals surface area contributed by atoms with Crippen molar-refractivity contribution >= 4 is 23.9 Å². The molecule has 0 bridgehead atoms. The third-order valence-electron chi connectivity index (χ3n) is 16.8. The molecule has 55 heavy (non-hydrogen) atoms. The summed E-state index contributed by atoms with van der Waals surface area (Å²) in [6.07, 6.45) is -5.68. The van der Waals surface area contributed by atoms with E-state index < -0.39 is 142 Å². The van der Waals surface area contributed by atoms with E-state index in [2.05, 4.69) is 15.3 Å². The molecule has 5 aliphatic carbocycles. The van der Waals surface area contributed by atoms with Crippen LogP contribution in [-0.4, -0.2) is 119 Å². The van der Waals surface area contributed by atoms with Gasteiger partial charge < -0.3 is 49.1 Å². The molecule has 5 saturated carbocycles. The van der Waals surface area contributed by atoms with Crippen LogP contribution in [0.3, 0.4) is 0 Å². The second-order valence-corrected chi connectivity index (χ2v) is 18.8. The number of carbonyl (C=O) groups is 4. The molecule has 0 aromatic carbocycles. The monoisotopic (exact) mass is 772 g/mol. The lowest BCUT2D eigenvalue weighted by atomic mass is 9.40. The lowest BCUT2D eigenvalue weighted by Gasteiger charge is -2.67. The number of esters is 4. The van der Waals surface area contributed by atoms with Gasteiger partial charge in [-0.2, -0.15) is 0 Å². The fourth-order valence-corrected chi connectivity index (χ4v) is 14.5. The van der Waals surface area contributed by atoms with Crippen molar-refractivity contribution in [2.24, 2.45) is 68.7 Å². The first-order valence-corrected chi connectivity index (χ1v) is 19.8. The maximum atomic E-state index is 14.2. The van der Waals surface area contributed by atoms with Gasteiger partial charge in [-0.15, -0.1) is 0 Å². The van der Waals surface area contributed by atoms with Crippen LogP contribution in [0.5, 0.6) is 0 Å². The lowest BCUT2D eigenvalue weighted by Crippen LogP contribution is -2.76. The Bertz CT molecular complexity index is 1770. The molecule has 1 spiro atoms. The second-order valence-electron chi connectivity index (χ2n) is 18.8. The molecule has 4 saturated heterocycles. The SMILES string of the molecule is CC(=O)O[C@H]1C2C([C@H]3OC(=O)C(CCCN=[N+]=[N-])CN[C@H]3[C@H]3C[C@@H]4O[C@@H]4[C@H](O)[C@]23C)[C@@H]2[C@@H](O)[C@@H]3[C@H]([C@H](C)[C@H]4O[C@]45OC(=O)[C@@](C)(O)[C@]35C)[C@@]2(C)[C@H]1OC(C)=O. The van der Waals surface area contributed by atoms with Crippen LogP contribution in [-0.2, 0) is 47.6 Å². The number of azide groups is 1. The van der Waals surface area contributed by atoms with E-state index in [0.29, 0.717) is 19.3 Å². The summed E-state index contributed by atoms with van der Waals surface area (Å²) in [7, 11) is 0. The third kappa shape index (κ3) is 4.43. The Morgan fingerprint density at radius 3 is 2.40 bits per heavy atom. The third-order valence-corrected chi connectivity index (χ3v) is 16.8. The van der Waals surface area contributed by atoms with Crippen LogP contribution in [0.4, 0.5) is 0 Å². The summed E-state index contributed by atoms with van der Waals surface area (Å²) in [5.74, 6) is -9.50. The van der Waals surface area contributed by atoms with Crippen molar-refractivity contribution in [3.63, 3.8) is 0 Å². The minimum Gasteiger partial charge on any atom is -0.460 e. The highest BCUT2D eigenvalue weighted by Gasteiger charge is 2.93. The van der Waals surface area contributed by atoms with Gasteiger partial charge in [0.25, 0.3) is 0 Å². The second kappa shape index (κ2) is 11.8. The summed E-state index contributed by atoms with van der Waals surface area (Å²) < 4.78 is 37.5. The molecule has 4 N–H and O–H groups in total. The number of aliphatic hydroxyl groups is 3. The standard InChI is InChI=1S/C38H52N4O13/c1-13-20-23(36(6)37(7,49)33(48)55-38(36)30(13)54-38)25(45)21-19-22(28(50-14(2)43)31(35(20,21)5)51-15(3)44)34(4)17(11-18-26(52-18)29(34)46)24-27(19)53-32(47)16(12-40-24)9-8-10-41-42-39/h13,16-31,40,45-46,49H,8-12H2,1-7H3/t13-,16?,17+,18-,19?,20-,21+,22?,23-,24-,25+,26-,27+,28-,29-,30+,31-,34-,35+,36-,37+,38-/m0/s1. The lowest BCUT2D eigenvalue weighted by molar-refractivity contribution is -0.286. The van der Waals surface area contributed by atoms with E-state index in [1.54, 1.807) is 6.92 Å². The number of hydrogen-bond acceptors (Lipinski definition) is 15. The fraction of sp³-hybridized carbons (Fsp3) is 0.895. The van der Waals surface area contributed by atoms with E-state index in [1.165, 1.54) is 20.8 Å². The van der Waals surface area contributed by atoms with Crippen LogP contribution in [0, 0.1) is 63.6 Å². The highest BCUT2D eigenvalue weighted by molar-refractivity contribution is 5.84. The molecule has 0 radical (unpaired) electrons. The zero-order valence-electron chi connectivity index (χ0n) is 32.1. The van der Waals surface area contributed by atoms with Crippen LogP contribution < -0.4 is 5.32 Å². The number of nitrogens with one attached hydrogen (secondary N) is 1. The van der Waals surface area contributed by atoms with E-state index in [4.69, 9.17) is 34.0 Å². The molecule has 9 fully saturated rings. The summed E-state index contributed by atoms with van der Waals surface area (Å²) in [5, 5.41) is 44.9. The van der Waals surface area contributed by atoms with Crippen molar-refractivity contribution in [2.45, 2.75) is 134 Å². The van der Waals surface area contributed by atoms with Gasteiger partial charge in [0.2, 0.25) is 5.79 Å². The number of rotatable bonds is 6. The average molecular weight is 773 g/mol. The van der Waals surface area contributed by atoms with Crippen LogP contribution in [0.1, 0.15) is 67.7 Å². The molecule has 3 unspecified atom stereocenters. The number of hydrogen-bond donors (Lipinski definition) is 4. The number of ether oxygens (including phenoxy) is 6. The summed E-state index contributed by atoms with van der Waals surface area (Å²) in [4.78, 5) is 57.1. The molecule has 0 aromatic rings. The van der Waals surface area contributed by atoms with Gasteiger partial charge in [-0.25, -0.2) is 4.79 Å². The molecule has 9 aliphatic rings. The Hall–Kier alpha value is -3.05. The topological polar surface area (TPSA) is 252 Å². The number of fused-ring (bicyclic) bond motifs is 12. The summed E-state index contributed by atoms with van der Waals surface area (Å²) in [6, 6.07) is -0.532. The van der Waals surface area contributed by atoms with Gasteiger partial charge in [-0.05, 0) is 56.4 Å². The van der Waals surface area contributed by atoms with Crippen LogP contribution in [0.2, 0.25) is 0 Å². The molecule has 0 aromatic heterocycles. The molecule has 22 atom stereocenters. The van der Waals surface area contributed by atoms with Crippen molar-refractivity contribution < 1.29 is 62.9 Å². The van der Waals surface area contributed by atoms with E-state index in [0.717, 1.165) is 0 Å². The quantitative estimate of drug-likeness (QED) is 0.0562. The molecule has 17 heteroatoms. The van der Waals surface area contributed by atoms with E-state index >= 15 is 0 Å². The number of nitrogens with zero attached hydrogens (tertiary/aromatic N) is 3. The molecular formula is C38H52N4O13. The molecule has 4 heterocycles. The summed E-state index contributed by atoms with van der Waals surface area (Å²) in [6.45, 7) is 11.9. The van der Waals surface area contributed by atoms with Crippen LogP contribution >= 0.6 is 0 Å². The predicted molar refractivity (Wildman–Crippen MR) is 184 cm³/mol. The molecule has 9 rings (SSSR count). The summed E-state index contributed by atoms with van der Waals surface area (Å²) in [5.41, 5.74) is 2.91. The van der Waals surface area contributed by atoms with Gasteiger partial charge >= 0.3 is 23.9 Å². The minimum absolute atomic E-state index is 0.210. The van der Waals surface area contributed by atoms with E-state index in [-0.39, 0.29) is 25.1 Å². The van der Waals surface area contributed by atoms with Gasteiger partial charge in [0.1, 0.15) is 30.5 Å². The first-order valence-electron chi connectivity index (χ1n) is 19.8. The Morgan fingerprint density at radius 1 is 1.02 bits per heavy atom. The first-order chi connectivity index (χ1) is 25.8. The van der Waals surface area contributed by atoms with Crippen LogP contribution in [0.25, 0.3) is 10.4 Å². The van der Waals surface area contributed by atoms with Gasteiger partial charge in [0.05, 0.1) is 29.6 Å². The smallest absolute Gasteiger partial charge is 0.341 e. The van der Waals surface area contributed by atoms with E-state index in [9.17, 15) is 34.5 Å². The Kier molecular flexibility index (Phi) is 8.03. The zero-order valence-corrected chi connectivity index (χ0v) is 32.1. The van der Waals surface area contributed by atoms with Gasteiger partial charge in [-0.1, -0.05) is 25.9 Å². The van der Waals surface area contributed by atoms with Crippen molar-refractivity contribution in [1.82, 2.24) is 5.32 Å². The maximum Gasteiger partial charge on any atom is 0.341 e. The Balaban J connectivity index is 1.26. The molecule has 4 aliphatic heterocycles. The maximum absolute atomic E-state index is 14.2. The Morgan fingerprint density at radius 2 is 1.73 bits per heavy atom. The predicted octanol–water partition coefficient (Wildman–Crippen LogP) is 1.14. The molecule has 0 amide bonds. The minimum atomic E-state index is -2.09. The van der Waals surface area contributed by atoms with Gasteiger partial charge in [-0.3, -0.25) is 14.4 Å². The number of aliphatic hydroxyl groups excluding tert-OH is 2. The molecular weight excluding hydrogens is 720 g/mol. The molecule has 17 nitrogen and oxygen atoms in total. The van der Waals surface area contributed by atoms with E-state index in [1.807, 2.05) is 20.8 Å². The highest BCUT2D eigenvalue weighted by atomic mass is 16.8. The van der Waals surface area contributed by atoms with Crippen molar-refractivity contribution in [2.75, 3.05) is 13.1 Å². The largest absolute Gasteiger partial charge is 0.460 e. The van der Waals surface area contributed by atoms with Crippen molar-refractivity contribution in [3.8, 4) is 0 Å². The van der Waals surface area contributed by atoms with Crippen molar-refractivity contribution in [1.29, 1.82) is 0 Å². The average Bonchev–Trinajstić information content (AvgIpc) is 4.02. The normalized spacial score (nSPS) is 57.5. The van der Waals surface area contributed by atoms with Gasteiger partial charge in [0, 0.05) is 72.4 Å². The molecule has 302 valence electrons. The van der Waals surface area contributed by atoms with Crippen molar-refractivity contribution in [3.05, 3.63) is 10.4 Å². The first kappa shape index (κ1) is 37.5. The number of carbonyl (C=O) groups excluding carboxylic acids is 4. The van der Waals surface area contributed by atoms with Gasteiger partial charge in [0.15, 0.2) is 5.60 Å². The fourth-order valence-electron chi connectivity index (χ4n) is 14.5. The Labute approximate surface area is 318 Å². The number of epoxide rings is 2. The highest BCUT2D eigenvalue weighted by Crippen LogP contribution is 2.81.